The van der Waals surface area contributed by atoms with E-state index in [1.165, 1.54) is 0 Å². The summed E-state index contributed by atoms with van der Waals surface area (Å²) in [5, 5.41) is 3.85. The Morgan fingerprint density at radius 1 is 1.14 bits per heavy atom. The molecule has 0 fully saturated rings. The van der Waals surface area contributed by atoms with Crippen LogP contribution in [0.15, 0.2) is 47.4 Å². The summed E-state index contributed by atoms with van der Waals surface area (Å²) in [4.78, 5) is 0.305. The van der Waals surface area contributed by atoms with Crippen LogP contribution in [0.2, 0.25) is 5.02 Å². The molecule has 0 spiro atoms. The van der Waals surface area contributed by atoms with Crippen molar-refractivity contribution in [3.63, 3.8) is 0 Å². The molecule has 3 rings (SSSR count). The summed E-state index contributed by atoms with van der Waals surface area (Å²) in [5.74, 6) is 0. The van der Waals surface area contributed by atoms with Crippen molar-refractivity contribution in [3.8, 4) is 0 Å². The van der Waals surface area contributed by atoms with Crippen molar-refractivity contribution in [2.45, 2.75) is 17.9 Å². The highest BCUT2D eigenvalue weighted by atomic mass is 35.5. The first-order valence-corrected chi connectivity index (χ1v) is 8.52. The molecule has 110 valence electrons. The molecule has 1 aliphatic heterocycles. The lowest BCUT2D eigenvalue weighted by Crippen LogP contribution is -2.23. The lowest BCUT2D eigenvalue weighted by molar-refractivity contribution is 0.581. The first-order valence-electron chi connectivity index (χ1n) is 6.65. The minimum atomic E-state index is -3.50. The van der Waals surface area contributed by atoms with Crippen LogP contribution in [0.3, 0.4) is 0 Å². The van der Waals surface area contributed by atoms with Gasteiger partial charge in [0.2, 0.25) is 10.0 Å². The van der Waals surface area contributed by atoms with E-state index in [0.717, 1.165) is 29.8 Å². The van der Waals surface area contributed by atoms with Gasteiger partial charge in [0.25, 0.3) is 0 Å². The van der Waals surface area contributed by atoms with E-state index in [4.69, 9.17) is 11.6 Å². The highest BCUT2D eigenvalue weighted by molar-refractivity contribution is 7.89. The Morgan fingerprint density at radius 3 is 2.67 bits per heavy atom. The lowest BCUT2D eigenvalue weighted by atomic mass is 10.2. The van der Waals surface area contributed by atoms with E-state index in [-0.39, 0.29) is 6.54 Å². The summed E-state index contributed by atoms with van der Waals surface area (Å²) in [6.45, 7) is 1.10. The van der Waals surface area contributed by atoms with Gasteiger partial charge in [0.1, 0.15) is 0 Å². The van der Waals surface area contributed by atoms with Gasteiger partial charge in [-0.05, 0) is 47.9 Å². The second-order valence-electron chi connectivity index (χ2n) is 4.95. The second-order valence-corrected chi connectivity index (χ2v) is 7.15. The SMILES string of the molecule is O=S(=O)(NCc1ccc(Cl)cc1)c1ccc2c(c1)CCN2. The zero-order valence-corrected chi connectivity index (χ0v) is 12.8. The molecule has 1 aliphatic rings. The van der Waals surface area contributed by atoms with Crippen LogP contribution in [-0.2, 0) is 23.0 Å². The van der Waals surface area contributed by atoms with Gasteiger partial charge in [-0.2, -0.15) is 0 Å². The molecule has 6 heteroatoms. The van der Waals surface area contributed by atoms with E-state index in [9.17, 15) is 8.42 Å². The van der Waals surface area contributed by atoms with Crippen molar-refractivity contribution >= 4 is 27.3 Å². The monoisotopic (exact) mass is 322 g/mol. The average Bonchev–Trinajstić information content (AvgIpc) is 2.94. The van der Waals surface area contributed by atoms with E-state index >= 15 is 0 Å². The van der Waals surface area contributed by atoms with Crippen molar-refractivity contribution in [3.05, 3.63) is 58.6 Å². The fourth-order valence-electron chi connectivity index (χ4n) is 2.31. The summed E-state index contributed by atoms with van der Waals surface area (Å²) in [5.41, 5.74) is 2.93. The maximum absolute atomic E-state index is 12.3. The number of sulfonamides is 1. The number of rotatable bonds is 4. The first kappa shape index (κ1) is 14.4. The Bertz CT molecular complexity index is 758. The van der Waals surface area contributed by atoms with Crippen molar-refractivity contribution in [2.75, 3.05) is 11.9 Å². The molecule has 0 bridgehead atoms. The van der Waals surface area contributed by atoms with Gasteiger partial charge in [-0.25, -0.2) is 13.1 Å². The number of hydrogen-bond acceptors (Lipinski definition) is 3. The highest BCUT2D eigenvalue weighted by Crippen LogP contribution is 2.25. The van der Waals surface area contributed by atoms with Gasteiger partial charge in [0, 0.05) is 23.8 Å². The zero-order valence-electron chi connectivity index (χ0n) is 11.3. The number of fused-ring (bicyclic) bond motifs is 1. The van der Waals surface area contributed by atoms with Crippen LogP contribution >= 0.6 is 11.6 Å². The standard InChI is InChI=1S/C15H15ClN2O2S/c16-13-3-1-11(2-4-13)10-18-21(19,20)14-5-6-15-12(9-14)7-8-17-15/h1-6,9,17-18H,7-8,10H2. The molecule has 0 aliphatic carbocycles. The predicted molar refractivity (Wildman–Crippen MR) is 84.1 cm³/mol. The largest absolute Gasteiger partial charge is 0.384 e. The quantitative estimate of drug-likeness (QED) is 0.910. The molecular formula is C15H15ClN2O2S. The summed E-state index contributed by atoms with van der Waals surface area (Å²) >= 11 is 5.81. The summed E-state index contributed by atoms with van der Waals surface area (Å²) in [6, 6.07) is 12.3. The van der Waals surface area contributed by atoms with Crippen LogP contribution in [0.25, 0.3) is 0 Å². The molecule has 0 unspecified atom stereocenters. The molecule has 0 saturated carbocycles. The van der Waals surface area contributed by atoms with Gasteiger partial charge in [-0.3, -0.25) is 0 Å². The number of hydrogen-bond donors (Lipinski definition) is 2. The second kappa shape index (κ2) is 5.67. The van der Waals surface area contributed by atoms with Gasteiger partial charge < -0.3 is 5.32 Å². The Kier molecular flexibility index (Phi) is 3.89. The molecule has 2 aromatic rings. The maximum Gasteiger partial charge on any atom is 0.240 e. The van der Waals surface area contributed by atoms with E-state index in [0.29, 0.717) is 9.92 Å². The predicted octanol–water partition coefficient (Wildman–Crippen LogP) is 2.79. The summed E-state index contributed by atoms with van der Waals surface area (Å²) < 4.78 is 27.2. The van der Waals surface area contributed by atoms with E-state index < -0.39 is 10.0 Å². The first-order chi connectivity index (χ1) is 10.0. The fourth-order valence-corrected chi connectivity index (χ4v) is 3.51. The molecule has 0 aromatic heterocycles. The molecule has 0 amide bonds. The van der Waals surface area contributed by atoms with Crippen molar-refractivity contribution in [1.82, 2.24) is 4.72 Å². The molecule has 2 N–H and O–H groups in total. The molecule has 21 heavy (non-hydrogen) atoms. The summed E-state index contributed by atoms with van der Waals surface area (Å²) in [7, 11) is -3.50. The Labute approximate surface area is 129 Å². The lowest BCUT2D eigenvalue weighted by Gasteiger charge is -2.08. The third kappa shape index (κ3) is 3.20. The number of benzene rings is 2. The Hall–Kier alpha value is -1.56. The van der Waals surface area contributed by atoms with E-state index in [1.54, 1.807) is 36.4 Å². The normalized spacial score (nSPS) is 13.8. The number of halogens is 1. The van der Waals surface area contributed by atoms with Crippen LogP contribution in [0.1, 0.15) is 11.1 Å². The molecule has 4 nitrogen and oxygen atoms in total. The summed E-state index contributed by atoms with van der Waals surface area (Å²) in [6.07, 6.45) is 0.857. The van der Waals surface area contributed by atoms with Crippen molar-refractivity contribution < 1.29 is 8.42 Å². The molecule has 0 radical (unpaired) electrons. The smallest absolute Gasteiger partial charge is 0.240 e. The van der Waals surface area contributed by atoms with Gasteiger partial charge in [0.05, 0.1) is 4.90 Å². The third-order valence-electron chi connectivity index (χ3n) is 3.48. The van der Waals surface area contributed by atoms with Gasteiger partial charge in [0.15, 0.2) is 0 Å². The van der Waals surface area contributed by atoms with Crippen LogP contribution in [0.5, 0.6) is 0 Å². The molecule has 2 aromatic carbocycles. The van der Waals surface area contributed by atoms with Crippen molar-refractivity contribution in [1.29, 1.82) is 0 Å². The molecular weight excluding hydrogens is 308 g/mol. The van der Waals surface area contributed by atoms with Crippen LogP contribution in [0.4, 0.5) is 5.69 Å². The third-order valence-corrected chi connectivity index (χ3v) is 5.13. The van der Waals surface area contributed by atoms with Gasteiger partial charge in [-0.15, -0.1) is 0 Å². The highest BCUT2D eigenvalue weighted by Gasteiger charge is 2.17. The van der Waals surface area contributed by atoms with Crippen LogP contribution < -0.4 is 10.0 Å². The van der Waals surface area contributed by atoms with E-state index in [1.807, 2.05) is 6.07 Å². The van der Waals surface area contributed by atoms with Crippen LogP contribution in [-0.4, -0.2) is 15.0 Å². The van der Waals surface area contributed by atoms with Gasteiger partial charge >= 0.3 is 0 Å². The molecule has 0 atom stereocenters. The Morgan fingerprint density at radius 2 is 1.90 bits per heavy atom. The van der Waals surface area contributed by atoms with E-state index in [2.05, 4.69) is 10.0 Å². The van der Waals surface area contributed by atoms with Crippen molar-refractivity contribution in [2.24, 2.45) is 0 Å². The maximum atomic E-state index is 12.3. The average molecular weight is 323 g/mol. The number of anilines is 1. The minimum absolute atomic E-state index is 0.245. The topological polar surface area (TPSA) is 58.2 Å². The fraction of sp³-hybridized carbons (Fsp3) is 0.200. The zero-order chi connectivity index (χ0) is 14.9. The Balaban J connectivity index is 1.76. The minimum Gasteiger partial charge on any atom is -0.384 e. The van der Waals surface area contributed by atoms with Crippen LogP contribution in [0, 0.1) is 0 Å². The molecule has 1 heterocycles. The molecule has 0 saturated heterocycles. The van der Waals surface area contributed by atoms with Gasteiger partial charge in [-0.1, -0.05) is 23.7 Å². The number of nitrogens with one attached hydrogen (secondary N) is 2.